The molecule has 0 aliphatic rings. The van der Waals surface area contributed by atoms with Gasteiger partial charge in [0.25, 0.3) is 0 Å². The average Bonchev–Trinajstić information content (AvgIpc) is 2.46. The van der Waals surface area contributed by atoms with Crippen LogP contribution in [0.2, 0.25) is 0 Å². The van der Waals surface area contributed by atoms with E-state index >= 15 is 0 Å². The van der Waals surface area contributed by atoms with Gasteiger partial charge in [0.05, 0.1) is 10.2 Å². The molecule has 0 fully saturated rings. The fourth-order valence-corrected chi connectivity index (χ4v) is 2.65. The van der Waals surface area contributed by atoms with E-state index in [0.29, 0.717) is 5.82 Å². The van der Waals surface area contributed by atoms with Gasteiger partial charge in [0, 0.05) is 12.1 Å². The van der Waals surface area contributed by atoms with Crippen LogP contribution in [0.4, 0.5) is 10.2 Å². The van der Waals surface area contributed by atoms with Crippen LogP contribution in [0.5, 0.6) is 0 Å². The van der Waals surface area contributed by atoms with Gasteiger partial charge in [-0.1, -0.05) is 19.4 Å². The normalized spacial score (nSPS) is 10.7. The highest BCUT2D eigenvalue weighted by Gasteiger charge is 2.14. The van der Waals surface area contributed by atoms with Gasteiger partial charge in [-0.3, -0.25) is 0 Å². The van der Waals surface area contributed by atoms with E-state index in [1.54, 1.807) is 6.07 Å². The highest BCUT2D eigenvalue weighted by Crippen LogP contribution is 2.29. The molecule has 21 heavy (non-hydrogen) atoms. The first kappa shape index (κ1) is 15.9. The molecule has 0 radical (unpaired) electrons. The van der Waals surface area contributed by atoms with Crippen LogP contribution in [0.3, 0.4) is 0 Å². The Morgan fingerprint density at radius 1 is 1.24 bits per heavy atom. The van der Waals surface area contributed by atoms with Crippen molar-refractivity contribution in [3.05, 3.63) is 39.7 Å². The molecule has 1 heterocycles. The summed E-state index contributed by atoms with van der Waals surface area (Å²) in [5.74, 6) is 1.05. The number of benzene rings is 1. The van der Waals surface area contributed by atoms with E-state index in [1.807, 2.05) is 13.8 Å². The molecule has 0 spiro atoms. The average molecular weight is 352 g/mol. The Balaban J connectivity index is 2.59. The lowest BCUT2D eigenvalue weighted by molar-refractivity contribution is 0.627. The lowest BCUT2D eigenvalue weighted by Gasteiger charge is -2.13. The number of halogens is 2. The maximum Gasteiger partial charge on any atom is 0.162 e. The van der Waals surface area contributed by atoms with Crippen molar-refractivity contribution in [2.45, 2.75) is 33.6 Å². The van der Waals surface area contributed by atoms with Crippen LogP contribution in [-0.4, -0.2) is 16.5 Å². The summed E-state index contributed by atoms with van der Waals surface area (Å²) in [5.41, 5.74) is 2.64. The Morgan fingerprint density at radius 2 is 2.00 bits per heavy atom. The summed E-state index contributed by atoms with van der Waals surface area (Å²) in [5, 5.41) is 3.23. The lowest BCUT2D eigenvalue weighted by Crippen LogP contribution is -2.06. The zero-order chi connectivity index (χ0) is 15.4. The van der Waals surface area contributed by atoms with Crippen LogP contribution in [-0.2, 0) is 6.42 Å². The molecule has 112 valence electrons. The minimum Gasteiger partial charge on any atom is -0.369 e. The number of aryl methyl sites for hydroxylation is 2. The van der Waals surface area contributed by atoms with Crippen molar-refractivity contribution < 1.29 is 4.39 Å². The van der Waals surface area contributed by atoms with Gasteiger partial charge in [-0.25, -0.2) is 14.4 Å². The Morgan fingerprint density at radius 3 is 2.67 bits per heavy atom. The van der Waals surface area contributed by atoms with E-state index in [2.05, 4.69) is 38.1 Å². The predicted octanol–water partition coefficient (Wildman–Crippen LogP) is 4.74. The molecule has 1 N–H and O–H groups in total. The van der Waals surface area contributed by atoms with Gasteiger partial charge in [0.1, 0.15) is 11.6 Å². The van der Waals surface area contributed by atoms with E-state index < -0.39 is 0 Å². The Hall–Kier alpha value is -1.49. The number of anilines is 1. The van der Waals surface area contributed by atoms with Gasteiger partial charge in [0.15, 0.2) is 5.82 Å². The highest BCUT2D eigenvalue weighted by atomic mass is 79.9. The number of aromatic nitrogens is 2. The number of hydrogen-bond donors (Lipinski definition) is 1. The summed E-state index contributed by atoms with van der Waals surface area (Å²) in [4.78, 5) is 9.15. The minimum atomic E-state index is -0.274. The fraction of sp³-hybridized carbons (Fsp3) is 0.375. The molecule has 2 rings (SSSR count). The lowest BCUT2D eigenvalue weighted by atomic mass is 10.1. The van der Waals surface area contributed by atoms with E-state index in [0.717, 1.165) is 46.5 Å². The third-order valence-corrected chi connectivity index (χ3v) is 4.02. The highest BCUT2D eigenvalue weighted by molar-refractivity contribution is 9.10. The molecule has 0 amide bonds. The second-order valence-corrected chi connectivity index (χ2v) is 5.69. The van der Waals surface area contributed by atoms with Crippen LogP contribution in [0.1, 0.15) is 31.5 Å². The van der Waals surface area contributed by atoms with E-state index in [9.17, 15) is 4.39 Å². The standard InChI is InChI=1S/C16H19BrFN3/c1-4-6-13-14(17)16(19-5-2)21-15(20-13)12-9-11(18)8-7-10(12)3/h7-9H,4-6H2,1-3H3,(H,19,20,21). The third-order valence-electron chi connectivity index (χ3n) is 3.19. The summed E-state index contributed by atoms with van der Waals surface area (Å²) in [6.07, 6.45) is 1.84. The van der Waals surface area contributed by atoms with E-state index in [4.69, 9.17) is 0 Å². The Labute approximate surface area is 133 Å². The maximum atomic E-state index is 13.5. The summed E-state index contributed by atoms with van der Waals surface area (Å²) in [6.45, 7) is 6.82. The van der Waals surface area contributed by atoms with Crippen molar-refractivity contribution in [3.63, 3.8) is 0 Å². The van der Waals surface area contributed by atoms with Gasteiger partial charge in [0.2, 0.25) is 0 Å². The molecule has 0 saturated heterocycles. The molecular formula is C16H19BrFN3. The van der Waals surface area contributed by atoms with E-state index in [1.165, 1.54) is 12.1 Å². The first-order valence-electron chi connectivity index (χ1n) is 7.13. The number of hydrogen-bond acceptors (Lipinski definition) is 3. The Bertz CT molecular complexity index is 616. The van der Waals surface area contributed by atoms with Crippen molar-refractivity contribution in [3.8, 4) is 11.4 Å². The second-order valence-electron chi connectivity index (χ2n) is 4.90. The van der Waals surface area contributed by atoms with E-state index in [-0.39, 0.29) is 5.82 Å². The van der Waals surface area contributed by atoms with Gasteiger partial charge in [-0.2, -0.15) is 0 Å². The zero-order valence-corrected chi connectivity index (χ0v) is 14.1. The topological polar surface area (TPSA) is 37.8 Å². The largest absolute Gasteiger partial charge is 0.369 e. The smallest absolute Gasteiger partial charge is 0.162 e. The predicted molar refractivity (Wildman–Crippen MR) is 88.0 cm³/mol. The van der Waals surface area contributed by atoms with Crippen LogP contribution >= 0.6 is 15.9 Å². The monoisotopic (exact) mass is 351 g/mol. The van der Waals surface area contributed by atoms with Crippen LogP contribution in [0.15, 0.2) is 22.7 Å². The van der Waals surface area contributed by atoms with Gasteiger partial charge < -0.3 is 5.32 Å². The van der Waals surface area contributed by atoms with Crippen LogP contribution in [0.25, 0.3) is 11.4 Å². The second kappa shape index (κ2) is 6.98. The maximum absolute atomic E-state index is 13.5. The molecule has 0 aliphatic carbocycles. The Kier molecular flexibility index (Phi) is 5.28. The molecule has 1 aromatic heterocycles. The molecule has 0 saturated carbocycles. The first-order chi connectivity index (χ1) is 10.1. The number of nitrogens with zero attached hydrogens (tertiary/aromatic N) is 2. The van der Waals surface area contributed by atoms with Gasteiger partial charge in [-0.05, 0) is 53.9 Å². The molecule has 0 atom stereocenters. The molecule has 2 aromatic rings. The molecule has 0 aliphatic heterocycles. The first-order valence-corrected chi connectivity index (χ1v) is 7.92. The van der Waals surface area contributed by atoms with Gasteiger partial charge in [-0.15, -0.1) is 0 Å². The van der Waals surface area contributed by atoms with Crippen molar-refractivity contribution in [2.75, 3.05) is 11.9 Å². The van der Waals surface area contributed by atoms with Crippen molar-refractivity contribution in [1.29, 1.82) is 0 Å². The molecule has 0 unspecified atom stereocenters. The fourth-order valence-electron chi connectivity index (χ4n) is 2.14. The number of nitrogens with one attached hydrogen (secondary N) is 1. The zero-order valence-electron chi connectivity index (χ0n) is 12.5. The van der Waals surface area contributed by atoms with Crippen LogP contribution in [0, 0.1) is 12.7 Å². The van der Waals surface area contributed by atoms with Crippen LogP contribution < -0.4 is 5.32 Å². The summed E-state index contributed by atoms with van der Waals surface area (Å²) < 4.78 is 14.4. The minimum absolute atomic E-state index is 0.274. The molecular weight excluding hydrogens is 333 g/mol. The summed E-state index contributed by atoms with van der Waals surface area (Å²) >= 11 is 3.56. The third kappa shape index (κ3) is 3.59. The summed E-state index contributed by atoms with van der Waals surface area (Å²) in [6, 6.07) is 4.70. The summed E-state index contributed by atoms with van der Waals surface area (Å²) in [7, 11) is 0. The molecule has 0 bridgehead atoms. The van der Waals surface area contributed by atoms with Crippen molar-refractivity contribution in [2.24, 2.45) is 0 Å². The van der Waals surface area contributed by atoms with Gasteiger partial charge >= 0.3 is 0 Å². The van der Waals surface area contributed by atoms with Crippen molar-refractivity contribution >= 4 is 21.7 Å². The SMILES string of the molecule is CCCc1nc(-c2cc(F)ccc2C)nc(NCC)c1Br. The number of rotatable bonds is 5. The van der Waals surface area contributed by atoms with Crippen molar-refractivity contribution in [1.82, 2.24) is 9.97 Å². The molecule has 5 heteroatoms. The quantitative estimate of drug-likeness (QED) is 0.845. The molecule has 1 aromatic carbocycles. The molecule has 3 nitrogen and oxygen atoms in total.